The topological polar surface area (TPSA) is 85.1 Å². The van der Waals surface area contributed by atoms with Gasteiger partial charge in [0, 0.05) is 16.8 Å². The minimum atomic E-state index is -3.58. The molecule has 0 aliphatic carbocycles. The molecule has 0 aliphatic heterocycles. The van der Waals surface area contributed by atoms with E-state index in [4.69, 9.17) is 5.73 Å². The van der Waals surface area contributed by atoms with Crippen molar-refractivity contribution in [2.75, 3.05) is 5.73 Å². The molecule has 20 heavy (non-hydrogen) atoms. The Morgan fingerprint density at radius 2 is 2.15 bits per heavy atom. The number of nitrogens with one attached hydrogen (secondary N) is 1. The lowest BCUT2D eigenvalue weighted by molar-refractivity contribution is 0.580. The maximum Gasteiger partial charge on any atom is 0.241 e. The summed E-state index contributed by atoms with van der Waals surface area (Å²) in [6.07, 6.45) is 2.36. The van der Waals surface area contributed by atoms with E-state index in [0.717, 1.165) is 15.4 Å². The van der Waals surface area contributed by atoms with Crippen LogP contribution in [0.5, 0.6) is 0 Å². The van der Waals surface area contributed by atoms with Crippen LogP contribution in [-0.4, -0.2) is 13.4 Å². The SMILES string of the molecule is CCc1ccc(N)cc1S(=O)(=O)NCc1ncc(C)s1. The van der Waals surface area contributed by atoms with Gasteiger partial charge in [0.25, 0.3) is 0 Å². The number of aromatic nitrogens is 1. The van der Waals surface area contributed by atoms with Gasteiger partial charge in [0.1, 0.15) is 5.01 Å². The third-order valence-electron chi connectivity index (χ3n) is 2.84. The first-order valence-electron chi connectivity index (χ1n) is 6.21. The van der Waals surface area contributed by atoms with Crippen molar-refractivity contribution in [2.24, 2.45) is 0 Å². The average Bonchev–Trinajstić information content (AvgIpc) is 2.82. The Balaban J connectivity index is 2.24. The highest BCUT2D eigenvalue weighted by atomic mass is 32.2. The van der Waals surface area contributed by atoms with Crippen LogP contribution in [0.1, 0.15) is 22.4 Å². The molecule has 2 rings (SSSR count). The molecule has 5 nitrogen and oxygen atoms in total. The lowest BCUT2D eigenvalue weighted by Crippen LogP contribution is -2.24. The third-order valence-corrected chi connectivity index (χ3v) is 5.24. The molecule has 0 radical (unpaired) electrons. The normalized spacial score (nSPS) is 11.7. The molecule has 1 aromatic heterocycles. The number of aryl methyl sites for hydroxylation is 2. The average molecular weight is 311 g/mol. The molecule has 0 spiro atoms. The molecule has 2 aromatic rings. The molecule has 0 atom stereocenters. The van der Waals surface area contributed by atoms with Crippen molar-refractivity contribution in [3.63, 3.8) is 0 Å². The Kier molecular flexibility index (Phi) is 4.42. The zero-order valence-electron chi connectivity index (χ0n) is 11.4. The van der Waals surface area contributed by atoms with Crippen LogP contribution in [0, 0.1) is 6.92 Å². The Labute approximate surface area is 122 Å². The standard InChI is InChI=1S/C13H17N3O2S2/c1-3-10-4-5-11(14)6-12(10)20(17,18)16-8-13-15-7-9(2)19-13/h4-7,16H,3,8,14H2,1-2H3. The van der Waals surface area contributed by atoms with Crippen molar-refractivity contribution in [1.82, 2.24) is 9.71 Å². The second kappa shape index (κ2) is 5.90. The largest absolute Gasteiger partial charge is 0.399 e. The summed E-state index contributed by atoms with van der Waals surface area (Å²) in [6.45, 7) is 4.04. The van der Waals surface area contributed by atoms with E-state index in [1.165, 1.54) is 17.4 Å². The van der Waals surface area contributed by atoms with Gasteiger partial charge in [-0.2, -0.15) is 0 Å². The molecule has 1 aromatic carbocycles. The van der Waals surface area contributed by atoms with Crippen LogP contribution in [0.25, 0.3) is 0 Å². The van der Waals surface area contributed by atoms with Crippen LogP contribution in [0.2, 0.25) is 0 Å². The number of rotatable bonds is 5. The predicted octanol–water partition coefficient (Wildman–Crippen LogP) is 2.07. The summed E-state index contributed by atoms with van der Waals surface area (Å²) in [5, 5.41) is 0.744. The smallest absolute Gasteiger partial charge is 0.241 e. The lowest BCUT2D eigenvalue weighted by Gasteiger charge is -2.10. The molecule has 1 heterocycles. The first-order chi connectivity index (χ1) is 9.42. The number of nitrogens with two attached hydrogens (primary N) is 1. The van der Waals surface area contributed by atoms with E-state index in [1.807, 2.05) is 13.8 Å². The molecular weight excluding hydrogens is 294 g/mol. The van der Waals surface area contributed by atoms with Crippen LogP contribution in [0.15, 0.2) is 29.3 Å². The Bertz CT molecular complexity index is 708. The Hall–Kier alpha value is -1.44. The zero-order valence-corrected chi connectivity index (χ0v) is 13.0. The van der Waals surface area contributed by atoms with E-state index in [1.54, 1.807) is 18.3 Å². The maximum absolute atomic E-state index is 12.4. The molecule has 0 saturated carbocycles. The van der Waals surface area contributed by atoms with Crippen molar-refractivity contribution in [1.29, 1.82) is 0 Å². The van der Waals surface area contributed by atoms with E-state index in [0.29, 0.717) is 12.1 Å². The molecule has 0 bridgehead atoms. The number of hydrogen-bond acceptors (Lipinski definition) is 5. The minimum Gasteiger partial charge on any atom is -0.399 e. The van der Waals surface area contributed by atoms with Gasteiger partial charge >= 0.3 is 0 Å². The number of benzene rings is 1. The molecule has 0 amide bonds. The molecule has 108 valence electrons. The van der Waals surface area contributed by atoms with Gasteiger partial charge in [0.15, 0.2) is 0 Å². The highest BCUT2D eigenvalue weighted by Gasteiger charge is 2.18. The van der Waals surface area contributed by atoms with Gasteiger partial charge in [0.2, 0.25) is 10.0 Å². The number of hydrogen-bond donors (Lipinski definition) is 2. The predicted molar refractivity (Wildman–Crippen MR) is 81.1 cm³/mol. The van der Waals surface area contributed by atoms with Crippen LogP contribution in [0.3, 0.4) is 0 Å². The fraction of sp³-hybridized carbons (Fsp3) is 0.308. The van der Waals surface area contributed by atoms with Gasteiger partial charge < -0.3 is 5.73 Å². The second-order valence-electron chi connectivity index (χ2n) is 4.41. The van der Waals surface area contributed by atoms with Crippen LogP contribution >= 0.6 is 11.3 Å². The quantitative estimate of drug-likeness (QED) is 0.828. The van der Waals surface area contributed by atoms with Gasteiger partial charge in [-0.1, -0.05) is 13.0 Å². The van der Waals surface area contributed by atoms with Crippen LogP contribution < -0.4 is 10.5 Å². The molecule has 0 unspecified atom stereocenters. The molecule has 3 N–H and O–H groups in total. The van der Waals surface area contributed by atoms with Crippen molar-refractivity contribution in [3.05, 3.63) is 39.8 Å². The summed E-state index contributed by atoms with van der Waals surface area (Å²) in [5.41, 5.74) is 6.88. The number of nitrogens with zero attached hydrogens (tertiary/aromatic N) is 1. The number of thiazole rings is 1. The van der Waals surface area contributed by atoms with Gasteiger partial charge in [-0.25, -0.2) is 18.1 Å². The summed E-state index contributed by atoms with van der Waals surface area (Å²) < 4.78 is 27.3. The number of sulfonamides is 1. The van der Waals surface area contributed by atoms with Crippen molar-refractivity contribution in [2.45, 2.75) is 31.7 Å². The van der Waals surface area contributed by atoms with Gasteiger partial charge in [-0.3, -0.25) is 0 Å². The van der Waals surface area contributed by atoms with E-state index < -0.39 is 10.0 Å². The fourth-order valence-electron chi connectivity index (χ4n) is 1.83. The molecule has 0 fully saturated rings. The number of anilines is 1. The van der Waals surface area contributed by atoms with E-state index in [2.05, 4.69) is 9.71 Å². The van der Waals surface area contributed by atoms with Gasteiger partial charge in [0.05, 0.1) is 11.4 Å². The van der Waals surface area contributed by atoms with E-state index in [-0.39, 0.29) is 11.4 Å². The highest BCUT2D eigenvalue weighted by Crippen LogP contribution is 2.20. The summed E-state index contributed by atoms with van der Waals surface area (Å²) in [5.74, 6) is 0. The molecule has 0 saturated heterocycles. The van der Waals surface area contributed by atoms with Crippen molar-refractivity contribution in [3.8, 4) is 0 Å². The Morgan fingerprint density at radius 3 is 2.75 bits per heavy atom. The summed E-state index contributed by atoms with van der Waals surface area (Å²) >= 11 is 1.47. The first-order valence-corrected chi connectivity index (χ1v) is 8.51. The molecular formula is C13H17N3O2S2. The fourth-order valence-corrected chi connectivity index (χ4v) is 3.98. The van der Waals surface area contributed by atoms with E-state index >= 15 is 0 Å². The van der Waals surface area contributed by atoms with Crippen LogP contribution in [-0.2, 0) is 23.0 Å². The summed E-state index contributed by atoms with van der Waals surface area (Å²) in [7, 11) is -3.58. The van der Waals surface area contributed by atoms with Crippen molar-refractivity contribution >= 4 is 27.0 Å². The molecule has 7 heteroatoms. The lowest BCUT2D eigenvalue weighted by atomic mass is 10.1. The Morgan fingerprint density at radius 1 is 1.40 bits per heavy atom. The first kappa shape index (κ1) is 15.0. The second-order valence-corrected chi connectivity index (χ2v) is 7.46. The maximum atomic E-state index is 12.4. The molecule has 0 aliphatic rings. The zero-order chi connectivity index (χ0) is 14.8. The summed E-state index contributed by atoms with van der Waals surface area (Å²) in [6, 6.07) is 4.95. The van der Waals surface area contributed by atoms with Gasteiger partial charge in [-0.15, -0.1) is 11.3 Å². The van der Waals surface area contributed by atoms with Crippen LogP contribution in [0.4, 0.5) is 5.69 Å². The number of nitrogen functional groups attached to an aromatic ring is 1. The monoisotopic (exact) mass is 311 g/mol. The minimum absolute atomic E-state index is 0.193. The van der Waals surface area contributed by atoms with Gasteiger partial charge in [-0.05, 0) is 31.0 Å². The summed E-state index contributed by atoms with van der Waals surface area (Å²) in [4.78, 5) is 5.44. The van der Waals surface area contributed by atoms with E-state index in [9.17, 15) is 8.42 Å². The highest BCUT2D eigenvalue weighted by molar-refractivity contribution is 7.89. The third kappa shape index (κ3) is 3.36. The van der Waals surface area contributed by atoms with Crippen molar-refractivity contribution < 1.29 is 8.42 Å².